The predicted octanol–water partition coefficient (Wildman–Crippen LogP) is 7.47. The van der Waals surface area contributed by atoms with Crippen LogP contribution in [0.25, 0.3) is 5.69 Å². The molecule has 0 radical (unpaired) electrons. The minimum Gasteiger partial charge on any atom is -0.508 e. The Bertz CT molecular complexity index is 1650. The average molecular weight is 547 g/mol. The molecular formula is C33H30N4O2S. The lowest BCUT2D eigenvalue weighted by Gasteiger charge is -2.28. The molecule has 1 fully saturated rings. The van der Waals surface area contributed by atoms with Crippen LogP contribution in [0.5, 0.6) is 17.2 Å². The number of nitrogens with one attached hydrogen (secondary N) is 1. The lowest BCUT2D eigenvalue weighted by molar-refractivity contribution is 0.475. The Kier molecular flexibility index (Phi) is 6.74. The van der Waals surface area contributed by atoms with Gasteiger partial charge in [0, 0.05) is 29.0 Å². The third-order valence-electron chi connectivity index (χ3n) is 7.37. The first-order chi connectivity index (χ1) is 19.4. The van der Waals surface area contributed by atoms with Crippen molar-refractivity contribution in [3.05, 3.63) is 131 Å². The van der Waals surface area contributed by atoms with Gasteiger partial charge in [0.05, 0.1) is 17.8 Å². The zero-order valence-electron chi connectivity index (χ0n) is 22.6. The Morgan fingerprint density at radius 2 is 1.48 bits per heavy atom. The second-order valence-electron chi connectivity index (χ2n) is 10.1. The van der Waals surface area contributed by atoms with Crippen LogP contribution in [0.3, 0.4) is 0 Å². The van der Waals surface area contributed by atoms with Gasteiger partial charge in [-0.3, -0.25) is 4.98 Å². The van der Waals surface area contributed by atoms with Gasteiger partial charge in [0.2, 0.25) is 0 Å². The van der Waals surface area contributed by atoms with E-state index in [1.165, 1.54) is 5.56 Å². The molecule has 5 aromatic rings. The van der Waals surface area contributed by atoms with Crippen LogP contribution in [-0.2, 0) is 0 Å². The molecule has 0 unspecified atom stereocenters. The van der Waals surface area contributed by atoms with Crippen molar-refractivity contribution in [3.8, 4) is 22.9 Å². The summed E-state index contributed by atoms with van der Waals surface area (Å²) in [5, 5.41) is 14.0. The van der Waals surface area contributed by atoms with E-state index in [1.807, 2.05) is 85.1 Å². The molecule has 200 valence electrons. The van der Waals surface area contributed by atoms with Gasteiger partial charge >= 0.3 is 0 Å². The fraction of sp³-hybridized carbons (Fsp3) is 0.152. The van der Waals surface area contributed by atoms with Crippen molar-refractivity contribution >= 4 is 23.0 Å². The molecule has 1 saturated heterocycles. The number of phenolic OH excluding ortho intramolecular Hbond substituents is 1. The number of phenols is 1. The largest absolute Gasteiger partial charge is 0.508 e. The molecule has 0 spiro atoms. The number of aromatic hydroxyl groups is 1. The number of aryl methyl sites for hydroxylation is 2. The fourth-order valence-corrected chi connectivity index (χ4v) is 5.80. The number of benzene rings is 3. The first-order valence-electron chi connectivity index (χ1n) is 13.2. The lowest BCUT2D eigenvalue weighted by atomic mass is 9.96. The highest BCUT2D eigenvalue weighted by Crippen LogP contribution is 2.44. The highest BCUT2D eigenvalue weighted by molar-refractivity contribution is 7.80. The fourth-order valence-electron chi connectivity index (χ4n) is 5.45. The van der Waals surface area contributed by atoms with E-state index in [9.17, 15) is 5.11 Å². The topological polar surface area (TPSA) is 62.5 Å². The standard InChI is InChI=1S/C33H30N4O2S/c1-21-7-15-27(16-8-21)39-28-17-11-25(12-18-28)37-32(31(35-33(37)40)30-6-4-5-19-34-30)29-20-22(2)36(23(29)3)24-9-13-26(38)14-10-24/h4-20,31-32,38H,1-3H3,(H,35,40)/t31-,32-/m1/s1. The van der Waals surface area contributed by atoms with Crippen molar-refractivity contribution in [1.82, 2.24) is 14.9 Å². The molecule has 1 aliphatic rings. The maximum atomic E-state index is 9.83. The number of pyridine rings is 1. The van der Waals surface area contributed by atoms with Crippen molar-refractivity contribution < 1.29 is 9.84 Å². The summed E-state index contributed by atoms with van der Waals surface area (Å²) in [6.45, 7) is 6.28. The molecule has 40 heavy (non-hydrogen) atoms. The van der Waals surface area contributed by atoms with E-state index < -0.39 is 0 Å². The van der Waals surface area contributed by atoms with Gasteiger partial charge in [-0.15, -0.1) is 0 Å². The average Bonchev–Trinajstić information content (AvgIpc) is 3.46. The monoisotopic (exact) mass is 546 g/mol. The van der Waals surface area contributed by atoms with Gasteiger partial charge in [-0.25, -0.2) is 0 Å². The third kappa shape index (κ3) is 4.80. The summed E-state index contributed by atoms with van der Waals surface area (Å²) in [5.74, 6) is 1.80. The maximum absolute atomic E-state index is 9.83. The smallest absolute Gasteiger partial charge is 0.174 e. The van der Waals surface area contributed by atoms with Gasteiger partial charge in [-0.2, -0.15) is 0 Å². The summed E-state index contributed by atoms with van der Waals surface area (Å²) < 4.78 is 8.29. The highest BCUT2D eigenvalue weighted by atomic mass is 32.1. The maximum Gasteiger partial charge on any atom is 0.174 e. The summed E-state index contributed by atoms with van der Waals surface area (Å²) >= 11 is 5.94. The highest BCUT2D eigenvalue weighted by Gasteiger charge is 2.42. The van der Waals surface area contributed by atoms with E-state index in [2.05, 4.69) is 46.6 Å². The third-order valence-corrected chi connectivity index (χ3v) is 7.68. The van der Waals surface area contributed by atoms with E-state index in [1.54, 1.807) is 12.1 Å². The number of hydrogen-bond donors (Lipinski definition) is 2. The van der Waals surface area contributed by atoms with E-state index in [4.69, 9.17) is 17.0 Å². The van der Waals surface area contributed by atoms with Crippen LogP contribution in [0.1, 0.15) is 40.3 Å². The second-order valence-corrected chi connectivity index (χ2v) is 10.5. The van der Waals surface area contributed by atoms with Crippen LogP contribution in [0.4, 0.5) is 5.69 Å². The SMILES string of the molecule is Cc1ccc(Oc2ccc(N3C(=S)N[C@H](c4ccccn4)[C@H]3c3cc(C)n(-c4ccc(O)cc4)c3C)cc2)cc1. The van der Waals surface area contributed by atoms with Crippen molar-refractivity contribution in [1.29, 1.82) is 0 Å². The van der Waals surface area contributed by atoms with Crippen molar-refractivity contribution in [3.63, 3.8) is 0 Å². The van der Waals surface area contributed by atoms with E-state index in [0.717, 1.165) is 45.5 Å². The van der Waals surface area contributed by atoms with E-state index in [0.29, 0.717) is 5.11 Å². The number of ether oxygens (including phenoxy) is 1. The number of anilines is 1. The summed E-state index contributed by atoms with van der Waals surface area (Å²) in [6.07, 6.45) is 1.82. The molecule has 6 rings (SSSR count). The summed E-state index contributed by atoms with van der Waals surface area (Å²) in [4.78, 5) is 6.86. The minimum absolute atomic E-state index is 0.136. The molecule has 2 aromatic heterocycles. The minimum atomic E-state index is -0.147. The summed E-state index contributed by atoms with van der Waals surface area (Å²) in [7, 11) is 0. The molecule has 2 N–H and O–H groups in total. The number of rotatable bonds is 6. The van der Waals surface area contributed by atoms with Gasteiger partial charge < -0.3 is 24.6 Å². The normalized spacial score (nSPS) is 16.7. The molecule has 0 bridgehead atoms. The molecule has 1 aliphatic heterocycles. The zero-order valence-corrected chi connectivity index (χ0v) is 23.4. The summed E-state index contributed by atoms with van der Waals surface area (Å²) in [6, 6.07) is 31.2. The van der Waals surface area contributed by atoms with Gasteiger partial charge in [-0.05, 0) is 117 Å². The molecule has 0 aliphatic carbocycles. The van der Waals surface area contributed by atoms with Crippen molar-refractivity contribution in [2.45, 2.75) is 32.9 Å². The Morgan fingerprint density at radius 3 is 2.12 bits per heavy atom. The molecule has 3 heterocycles. The van der Waals surface area contributed by atoms with Gasteiger partial charge in [0.15, 0.2) is 5.11 Å². The molecular weight excluding hydrogens is 516 g/mol. The Labute approximate surface area is 239 Å². The Balaban J connectivity index is 1.40. The van der Waals surface area contributed by atoms with Crippen LogP contribution in [-0.4, -0.2) is 19.8 Å². The zero-order chi connectivity index (χ0) is 27.8. The van der Waals surface area contributed by atoms with E-state index in [-0.39, 0.29) is 17.8 Å². The number of thiocarbonyl (C=S) groups is 1. The first-order valence-corrected chi connectivity index (χ1v) is 13.6. The van der Waals surface area contributed by atoms with Crippen LogP contribution >= 0.6 is 12.2 Å². The van der Waals surface area contributed by atoms with Crippen LogP contribution in [0, 0.1) is 20.8 Å². The Morgan fingerprint density at radius 1 is 0.825 bits per heavy atom. The molecule has 3 aromatic carbocycles. The number of aromatic nitrogens is 2. The number of hydrogen-bond acceptors (Lipinski definition) is 4. The first kappa shape index (κ1) is 25.6. The van der Waals surface area contributed by atoms with Crippen molar-refractivity contribution in [2.24, 2.45) is 0 Å². The predicted molar refractivity (Wildman–Crippen MR) is 163 cm³/mol. The molecule has 0 saturated carbocycles. The second kappa shape index (κ2) is 10.5. The Hall–Kier alpha value is -4.62. The molecule has 0 amide bonds. The quantitative estimate of drug-likeness (QED) is 0.215. The summed E-state index contributed by atoms with van der Waals surface area (Å²) in [5.41, 5.74) is 7.41. The molecule has 2 atom stereocenters. The molecule has 7 heteroatoms. The number of nitrogens with zero attached hydrogens (tertiary/aromatic N) is 3. The van der Waals surface area contributed by atoms with Crippen molar-refractivity contribution in [2.75, 3.05) is 4.90 Å². The van der Waals surface area contributed by atoms with Crippen LogP contribution < -0.4 is 15.0 Å². The van der Waals surface area contributed by atoms with Gasteiger partial charge in [0.25, 0.3) is 0 Å². The lowest BCUT2D eigenvalue weighted by Crippen LogP contribution is -2.29. The van der Waals surface area contributed by atoms with E-state index >= 15 is 0 Å². The van der Waals surface area contributed by atoms with Gasteiger partial charge in [0.1, 0.15) is 17.2 Å². The van der Waals surface area contributed by atoms with Crippen LogP contribution in [0.2, 0.25) is 0 Å². The van der Waals surface area contributed by atoms with Crippen LogP contribution in [0.15, 0.2) is 103 Å². The molecule has 6 nitrogen and oxygen atoms in total. The van der Waals surface area contributed by atoms with Gasteiger partial charge in [-0.1, -0.05) is 23.8 Å².